The minimum atomic E-state index is -4.47. The normalized spacial score (nSPS) is 16.9. The van der Waals surface area contributed by atoms with Crippen molar-refractivity contribution in [2.24, 2.45) is 0 Å². The highest BCUT2D eigenvalue weighted by Crippen LogP contribution is 2.32. The van der Waals surface area contributed by atoms with Crippen molar-refractivity contribution in [2.45, 2.75) is 19.3 Å². The third-order valence-electron chi connectivity index (χ3n) is 2.30. The van der Waals surface area contributed by atoms with Gasteiger partial charge < -0.3 is 0 Å². The van der Waals surface area contributed by atoms with Gasteiger partial charge in [0.1, 0.15) is 0 Å². The molecule has 1 aromatic rings. The van der Waals surface area contributed by atoms with Crippen LogP contribution in [0.3, 0.4) is 0 Å². The van der Waals surface area contributed by atoms with E-state index in [9.17, 15) is 21.6 Å². The molecule has 18 heavy (non-hydrogen) atoms. The Hall–Kier alpha value is -1.19. The summed E-state index contributed by atoms with van der Waals surface area (Å²) in [5.41, 5.74) is -0.164. The number of pyridine rings is 1. The molecule has 0 unspecified atom stereocenters. The lowest BCUT2D eigenvalue weighted by Crippen LogP contribution is -2.21. The van der Waals surface area contributed by atoms with Crippen LogP contribution in [0.15, 0.2) is 12.3 Å². The van der Waals surface area contributed by atoms with Gasteiger partial charge in [-0.15, -0.1) is 0 Å². The zero-order valence-corrected chi connectivity index (χ0v) is 10.0. The fraction of sp³-hybridized carbons (Fsp3) is 0.444. The molecule has 0 saturated carbocycles. The number of fused-ring (bicyclic) bond motifs is 1. The van der Waals surface area contributed by atoms with E-state index in [2.05, 4.69) is 9.27 Å². The molecule has 2 heterocycles. The fourth-order valence-corrected chi connectivity index (χ4v) is 2.12. The highest BCUT2D eigenvalue weighted by Gasteiger charge is 2.33. The summed E-state index contributed by atoms with van der Waals surface area (Å²) in [4.78, 5) is 3.67. The van der Waals surface area contributed by atoms with E-state index in [0.29, 0.717) is 11.3 Å². The van der Waals surface area contributed by atoms with Gasteiger partial charge in [-0.3, -0.25) is 4.98 Å². The molecule has 0 amide bonds. The molecule has 0 saturated heterocycles. The van der Waals surface area contributed by atoms with Crippen molar-refractivity contribution in [2.75, 3.05) is 6.26 Å². The third kappa shape index (κ3) is 2.98. The Morgan fingerprint density at radius 2 is 2.06 bits per heavy atom. The molecule has 0 aromatic carbocycles. The molecule has 0 spiro atoms. The van der Waals surface area contributed by atoms with Crippen molar-refractivity contribution >= 4 is 10.1 Å². The van der Waals surface area contributed by atoms with Crippen LogP contribution in [0.5, 0.6) is 0 Å². The monoisotopic (exact) mass is 282 g/mol. The summed E-state index contributed by atoms with van der Waals surface area (Å²) in [5.74, 6) is 0. The lowest BCUT2D eigenvalue weighted by atomic mass is 10.1. The molecule has 1 aliphatic rings. The van der Waals surface area contributed by atoms with Crippen LogP contribution in [0.4, 0.5) is 13.2 Å². The van der Waals surface area contributed by atoms with Crippen LogP contribution in [0.2, 0.25) is 0 Å². The largest absolute Gasteiger partial charge is 0.417 e. The second-order valence-electron chi connectivity index (χ2n) is 3.90. The first kappa shape index (κ1) is 13.2. The van der Waals surface area contributed by atoms with Crippen LogP contribution in [0.25, 0.3) is 0 Å². The van der Waals surface area contributed by atoms with Crippen molar-refractivity contribution in [1.82, 2.24) is 10.0 Å². The van der Waals surface area contributed by atoms with Gasteiger partial charge in [0.2, 0.25) is 0 Å². The summed E-state index contributed by atoms with van der Waals surface area (Å²) in [6.07, 6.45) is -2.87. The van der Waals surface area contributed by atoms with Crippen molar-refractivity contribution in [1.29, 1.82) is 0 Å². The van der Waals surface area contributed by atoms with Gasteiger partial charge in [0.15, 0.2) is 0 Å². The molecule has 0 bridgehead atoms. The summed E-state index contributed by atoms with van der Waals surface area (Å²) in [5, 5.41) is 1.05. The van der Waals surface area contributed by atoms with Gasteiger partial charge in [0.25, 0.3) is 10.1 Å². The number of rotatable bonds is 2. The Bertz CT molecular complexity index is 571. The first-order chi connectivity index (χ1) is 8.15. The number of nitrogens with zero attached hydrogens (tertiary/aromatic N) is 2. The van der Waals surface area contributed by atoms with Crippen LogP contribution in [0.1, 0.15) is 16.8 Å². The van der Waals surface area contributed by atoms with Crippen LogP contribution >= 0.6 is 0 Å². The summed E-state index contributed by atoms with van der Waals surface area (Å²) < 4.78 is 63.7. The molecule has 0 aliphatic carbocycles. The van der Waals surface area contributed by atoms with Crippen molar-refractivity contribution in [3.8, 4) is 0 Å². The summed E-state index contributed by atoms with van der Waals surface area (Å²) in [6, 6.07) is 0.952. The SMILES string of the molecule is CS(=O)(=O)ON1Cc2cc(C(F)(F)F)cnc2C1. The predicted octanol–water partition coefficient (Wildman–Crippen LogP) is 1.31. The topological polar surface area (TPSA) is 59.5 Å². The molecule has 0 N–H and O–H groups in total. The standard InChI is InChI=1S/C9H9F3N2O3S/c1-18(15,16)17-14-4-6-2-7(9(10,11)12)3-13-8(6)5-14/h2-3H,4-5H2,1H3. The van der Waals surface area contributed by atoms with Crippen molar-refractivity contribution < 1.29 is 25.9 Å². The van der Waals surface area contributed by atoms with Gasteiger partial charge in [-0.05, 0) is 11.6 Å². The Morgan fingerprint density at radius 3 is 2.61 bits per heavy atom. The van der Waals surface area contributed by atoms with Gasteiger partial charge in [0.05, 0.1) is 30.6 Å². The van der Waals surface area contributed by atoms with E-state index in [0.717, 1.165) is 23.6 Å². The molecule has 0 fully saturated rings. The molecule has 100 valence electrons. The number of alkyl halides is 3. The molecular formula is C9H9F3N2O3S. The number of halogens is 3. The summed E-state index contributed by atoms with van der Waals surface area (Å²) >= 11 is 0. The van der Waals surface area contributed by atoms with Crippen molar-refractivity contribution in [3.63, 3.8) is 0 Å². The number of hydrogen-bond donors (Lipinski definition) is 0. The predicted molar refractivity (Wildman–Crippen MR) is 54.4 cm³/mol. The highest BCUT2D eigenvalue weighted by atomic mass is 32.2. The first-order valence-corrected chi connectivity index (χ1v) is 6.66. The number of hydroxylamine groups is 2. The van der Waals surface area contributed by atoms with Gasteiger partial charge in [-0.25, -0.2) is 0 Å². The molecule has 9 heteroatoms. The molecule has 2 rings (SSSR count). The zero-order valence-electron chi connectivity index (χ0n) is 9.23. The molecule has 1 aliphatic heterocycles. The Kier molecular flexibility index (Phi) is 3.07. The Labute approximate surface area is 101 Å². The maximum Gasteiger partial charge on any atom is 0.417 e. The molecular weight excluding hydrogens is 273 g/mol. The van der Waals surface area contributed by atoms with E-state index in [1.165, 1.54) is 0 Å². The molecule has 0 radical (unpaired) electrons. The number of aromatic nitrogens is 1. The first-order valence-electron chi connectivity index (χ1n) is 4.85. The lowest BCUT2D eigenvalue weighted by molar-refractivity contribution is -0.137. The minimum absolute atomic E-state index is 0.0422. The summed E-state index contributed by atoms with van der Waals surface area (Å²) in [6.45, 7) is -0.000135. The Morgan fingerprint density at radius 1 is 1.39 bits per heavy atom. The van der Waals surface area contributed by atoms with Crippen molar-refractivity contribution in [3.05, 3.63) is 29.1 Å². The molecule has 1 aromatic heterocycles. The lowest BCUT2D eigenvalue weighted by Gasteiger charge is -2.11. The van der Waals surface area contributed by atoms with E-state index >= 15 is 0 Å². The third-order valence-corrected chi connectivity index (χ3v) is 2.78. The second kappa shape index (κ2) is 4.18. The van der Waals surface area contributed by atoms with Crippen LogP contribution in [0, 0.1) is 0 Å². The van der Waals surface area contributed by atoms with Crippen LogP contribution in [-0.4, -0.2) is 24.7 Å². The fourth-order valence-electron chi connectivity index (χ4n) is 1.63. The molecule has 5 nitrogen and oxygen atoms in total. The summed E-state index contributed by atoms with van der Waals surface area (Å²) in [7, 11) is -3.69. The van der Waals surface area contributed by atoms with E-state index in [4.69, 9.17) is 0 Å². The zero-order chi connectivity index (χ0) is 13.6. The minimum Gasteiger partial charge on any atom is -0.259 e. The van der Waals surface area contributed by atoms with Gasteiger partial charge in [-0.1, -0.05) is 0 Å². The average molecular weight is 282 g/mol. The van der Waals surface area contributed by atoms with Gasteiger partial charge in [-0.2, -0.15) is 30.9 Å². The van der Waals surface area contributed by atoms with Gasteiger partial charge in [0, 0.05) is 6.20 Å². The maximum atomic E-state index is 12.4. The maximum absolute atomic E-state index is 12.4. The number of hydrogen-bond acceptors (Lipinski definition) is 5. The van der Waals surface area contributed by atoms with Gasteiger partial charge >= 0.3 is 6.18 Å². The Balaban J connectivity index is 2.21. The van der Waals surface area contributed by atoms with E-state index < -0.39 is 21.9 Å². The van der Waals surface area contributed by atoms with Crippen LogP contribution < -0.4 is 0 Å². The van der Waals surface area contributed by atoms with Crippen LogP contribution in [-0.2, 0) is 33.7 Å². The quantitative estimate of drug-likeness (QED) is 0.818. The smallest absolute Gasteiger partial charge is 0.259 e. The van der Waals surface area contributed by atoms with E-state index in [1.807, 2.05) is 0 Å². The van der Waals surface area contributed by atoms with E-state index in [-0.39, 0.29) is 13.1 Å². The van der Waals surface area contributed by atoms with E-state index in [1.54, 1.807) is 0 Å². The second-order valence-corrected chi connectivity index (χ2v) is 5.46. The highest BCUT2D eigenvalue weighted by molar-refractivity contribution is 7.85. The average Bonchev–Trinajstić information content (AvgIpc) is 2.53. The molecule has 0 atom stereocenters.